The Morgan fingerprint density at radius 2 is 1.61 bits per heavy atom. The van der Waals surface area contributed by atoms with Gasteiger partial charge in [0.05, 0.1) is 5.75 Å². The molecule has 1 fully saturated rings. The molecule has 4 rings (SSSR count). The first-order chi connectivity index (χ1) is 15.5. The Balaban J connectivity index is 1.51. The van der Waals surface area contributed by atoms with Crippen LogP contribution in [0.25, 0.3) is 21.9 Å². The first kappa shape index (κ1) is 22.8. The number of imide groups is 1. The van der Waals surface area contributed by atoms with Crippen molar-refractivity contribution >= 4 is 32.5 Å². The van der Waals surface area contributed by atoms with Crippen molar-refractivity contribution in [2.24, 2.45) is 0 Å². The average Bonchev–Trinajstić information content (AvgIpc) is 3.04. The van der Waals surface area contributed by atoms with Gasteiger partial charge in [-0.2, -0.15) is 0 Å². The normalized spacial score (nSPS) is 19.2. The van der Waals surface area contributed by atoms with E-state index in [1.165, 1.54) is 13.2 Å². The summed E-state index contributed by atoms with van der Waals surface area (Å²) in [5, 5.41) is 17.3. The first-order valence-corrected chi connectivity index (χ1v) is 12.4. The molecule has 2 atom stereocenters. The van der Waals surface area contributed by atoms with Gasteiger partial charge >= 0.3 is 6.03 Å². The summed E-state index contributed by atoms with van der Waals surface area (Å²) >= 11 is 0. The predicted molar refractivity (Wildman–Crippen MR) is 125 cm³/mol. The smallest absolute Gasteiger partial charge is 0.322 e. The summed E-state index contributed by atoms with van der Waals surface area (Å²) in [7, 11) is -3.07. The number of carbonyl (C=O) groups is 2. The number of aliphatic hydroxyl groups is 1. The van der Waals surface area contributed by atoms with Crippen molar-refractivity contribution in [1.82, 2.24) is 10.6 Å². The van der Waals surface area contributed by atoms with Crippen LogP contribution < -0.4 is 15.4 Å². The lowest BCUT2D eigenvalue weighted by Crippen LogP contribution is -2.49. The van der Waals surface area contributed by atoms with Gasteiger partial charge in [0.25, 0.3) is 5.91 Å². The van der Waals surface area contributed by atoms with Crippen LogP contribution in [0.3, 0.4) is 0 Å². The number of hydrogen-bond donors (Lipinski definition) is 3. The molecule has 9 heteroatoms. The number of hydrogen-bond acceptors (Lipinski definition) is 6. The van der Waals surface area contributed by atoms with Crippen LogP contribution in [0.4, 0.5) is 4.79 Å². The summed E-state index contributed by atoms with van der Waals surface area (Å²) in [4.78, 5) is 23.5. The molecule has 1 aliphatic rings. The van der Waals surface area contributed by atoms with Crippen molar-refractivity contribution in [2.45, 2.75) is 18.6 Å². The second-order valence-electron chi connectivity index (χ2n) is 8.34. The summed E-state index contributed by atoms with van der Waals surface area (Å²) in [5.74, 6) is -0.00254. The van der Waals surface area contributed by atoms with E-state index in [9.17, 15) is 23.1 Å². The molecule has 0 unspecified atom stereocenters. The van der Waals surface area contributed by atoms with Crippen molar-refractivity contribution in [3.05, 3.63) is 66.2 Å². The Morgan fingerprint density at radius 3 is 2.24 bits per heavy atom. The zero-order valence-electron chi connectivity index (χ0n) is 18.2. The molecule has 3 amide bonds. The Bertz CT molecular complexity index is 1340. The number of urea groups is 1. The number of rotatable bonds is 7. The van der Waals surface area contributed by atoms with Gasteiger partial charge in [0.2, 0.25) is 0 Å². The standard InChI is InChI=1S/C24H24N2O6S/c1-24(22(28)25-23(29)26-24)21(27)16-5-3-15(4-6-16)17-7-8-19-14-20(10-9-18(19)13-17)32-11-12-33(2,30)31/h3-10,13-14,21,27H,11-12H2,1-2H3,(H2,25,26,28,29)/t21-,24-/m1/s1. The Hall–Kier alpha value is -3.43. The molecular weight excluding hydrogens is 444 g/mol. The van der Waals surface area contributed by atoms with Gasteiger partial charge in [0.1, 0.15) is 24.0 Å². The molecule has 3 aromatic carbocycles. The van der Waals surface area contributed by atoms with Crippen LogP contribution in [-0.4, -0.2) is 49.6 Å². The van der Waals surface area contributed by atoms with Gasteiger partial charge in [-0.05, 0) is 52.6 Å². The Labute approximate surface area is 191 Å². The van der Waals surface area contributed by atoms with Gasteiger partial charge in [-0.15, -0.1) is 0 Å². The van der Waals surface area contributed by atoms with Crippen LogP contribution in [0.2, 0.25) is 0 Å². The van der Waals surface area contributed by atoms with Gasteiger partial charge in [-0.3, -0.25) is 10.1 Å². The highest BCUT2D eigenvalue weighted by Gasteiger charge is 2.48. The van der Waals surface area contributed by atoms with Gasteiger partial charge in [-0.1, -0.05) is 42.5 Å². The number of aliphatic hydroxyl groups excluding tert-OH is 1. The zero-order valence-corrected chi connectivity index (χ0v) is 19.0. The minimum atomic E-state index is -3.07. The molecule has 0 spiro atoms. The molecule has 1 aliphatic heterocycles. The summed E-state index contributed by atoms with van der Waals surface area (Å²) < 4.78 is 28.0. The largest absolute Gasteiger partial charge is 0.493 e. The van der Waals surface area contributed by atoms with E-state index >= 15 is 0 Å². The molecule has 33 heavy (non-hydrogen) atoms. The van der Waals surface area contributed by atoms with E-state index in [4.69, 9.17) is 4.74 Å². The molecule has 3 aromatic rings. The SMILES string of the molecule is C[C@]1([C@H](O)c2ccc(-c3ccc4cc(OCCS(C)(=O)=O)ccc4c3)cc2)NC(=O)NC1=O. The molecule has 1 heterocycles. The third-order valence-electron chi connectivity index (χ3n) is 5.71. The zero-order chi connectivity index (χ0) is 23.8. The van der Waals surface area contributed by atoms with Crippen molar-refractivity contribution < 1.29 is 27.9 Å². The minimum absolute atomic E-state index is 0.0368. The lowest BCUT2D eigenvalue weighted by molar-refractivity contribution is -0.127. The van der Waals surface area contributed by atoms with E-state index in [1.807, 2.05) is 42.5 Å². The molecule has 0 aromatic heterocycles. The third-order valence-corrected chi connectivity index (χ3v) is 6.62. The maximum atomic E-state index is 12.1. The predicted octanol–water partition coefficient (Wildman–Crippen LogP) is 2.56. The molecule has 0 radical (unpaired) electrons. The summed E-state index contributed by atoms with van der Waals surface area (Å²) in [6.45, 7) is 1.58. The van der Waals surface area contributed by atoms with Gasteiger partial charge in [0.15, 0.2) is 9.84 Å². The van der Waals surface area contributed by atoms with Crippen molar-refractivity contribution in [3.63, 3.8) is 0 Å². The monoisotopic (exact) mass is 468 g/mol. The summed E-state index contributed by atoms with van der Waals surface area (Å²) in [6.07, 6.45) is -0.0227. The highest BCUT2D eigenvalue weighted by Crippen LogP contribution is 2.31. The number of benzene rings is 3. The number of ether oxygens (including phenoxy) is 1. The fourth-order valence-corrected chi connectivity index (χ4v) is 4.13. The van der Waals surface area contributed by atoms with E-state index in [2.05, 4.69) is 10.6 Å². The van der Waals surface area contributed by atoms with Crippen molar-refractivity contribution in [2.75, 3.05) is 18.6 Å². The van der Waals surface area contributed by atoms with Crippen molar-refractivity contribution in [3.8, 4) is 16.9 Å². The Morgan fingerprint density at radius 1 is 0.970 bits per heavy atom. The highest BCUT2D eigenvalue weighted by molar-refractivity contribution is 7.90. The van der Waals surface area contributed by atoms with Crippen LogP contribution in [0.5, 0.6) is 5.75 Å². The third kappa shape index (κ3) is 4.84. The second-order valence-corrected chi connectivity index (χ2v) is 10.6. The number of amides is 3. The van der Waals surface area contributed by atoms with E-state index in [1.54, 1.807) is 18.2 Å². The fraction of sp³-hybridized carbons (Fsp3) is 0.250. The molecule has 0 aliphatic carbocycles. The lowest BCUT2D eigenvalue weighted by atomic mass is 9.88. The van der Waals surface area contributed by atoms with E-state index < -0.39 is 33.4 Å². The van der Waals surface area contributed by atoms with Crippen LogP contribution in [0.15, 0.2) is 60.7 Å². The molecular formula is C24H24N2O6S. The Kier molecular flexibility index (Phi) is 5.85. The van der Waals surface area contributed by atoms with E-state index in [-0.39, 0.29) is 12.4 Å². The van der Waals surface area contributed by atoms with Crippen LogP contribution in [0.1, 0.15) is 18.6 Å². The van der Waals surface area contributed by atoms with E-state index in [0.29, 0.717) is 11.3 Å². The summed E-state index contributed by atoms with van der Waals surface area (Å²) in [6, 6.07) is 18.0. The fourth-order valence-electron chi connectivity index (χ4n) is 3.74. The molecule has 0 saturated carbocycles. The van der Waals surface area contributed by atoms with Gasteiger partial charge in [-0.25, -0.2) is 13.2 Å². The number of nitrogens with one attached hydrogen (secondary N) is 2. The average molecular weight is 469 g/mol. The van der Waals surface area contributed by atoms with Crippen LogP contribution in [-0.2, 0) is 14.6 Å². The van der Waals surface area contributed by atoms with Gasteiger partial charge < -0.3 is 15.2 Å². The molecule has 8 nitrogen and oxygen atoms in total. The van der Waals surface area contributed by atoms with Crippen LogP contribution in [0, 0.1) is 0 Å². The first-order valence-electron chi connectivity index (χ1n) is 10.3. The number of sulfone groups is 1. The molecule has 172 valence electrons. The molecule has 3 N–H and O–H groups in total. The molecule has 0 bridgehead atoms. The second kappa shape index (κ2) is 8.49. The topological polar surface area (TPSA) is 122 Å². The van der Waals surface area contributed by atoms with Crippen molar-refractivity contribution in [1.29, 1.82) is 0 Å². The number of fused-ring (bicyclic) bond motifs is 1. The summed E-state index contributed by atoms with van der Waals surface area (Å²) in [5.41, 5.74) is 0.969. The van der Waals surface area contributed by atoms with Crippen LogP contribution >= 0.6 is 0 Å². The number of carbonyl (C=O) groups excluding carboxylic acids is 2. The maximum absolute atomic E-state index is 12.1. The minimum Gasteiger partial charge on any atom is -0.493 e. The maximum Gasteiger partial charge on any atom is 0.322 e. The van der Waals surface area contributed by atoms with E-state index in [0.717, 1.165) is 21.9 Å². The quantitative estimate of drug-likeness (QED) is 0.458. The lowest BCUT2D eigenvalue weighted by Gasteiger charge is -2.27. The molecule has 1 saturated heterocycles. The highest BCUT2D eigenvalue weighted by atomic mass is 32.2. The van der Waals surface area contributed by atoms with Gasteiger partial charge in [0, 0.05) is 6.26 Å².